The molecule has 0 unspecified atom stereocenters. The minimum atomic E-state index is 1.05. The normalized spacial score (nSPS) is 10.5. The molecule has 88 valence electrons. The lowest BCUT2D eigenvalue weighted by Crippen LogP contribution is -1.75. The fourth-order valence-corrected chi connectivity index (χ4v) is 2.71. The van der Waals surface area contributed by atoms with Crippen LogP contribution >= 0.6 is 11.5 Å². The summed E-state index contributed by atoms with van der Waals surface area (Å²) in [6, 6.07) is 21.0. The van der Waals surface area contributed by atoms with Crippen molar-refractivity contribution in [2.45, 2.75) is 6.92 Å². The van der Waals surface area contributed by atoms with Crippen LogP contribution in [0.5, 0.6) is 0 Å². The van der Waals surface area contributed by atoms with E-state index < -0.39 is 0 Å². The molecule has 3 aromatic rings. The minimum absolute atomic E-state index is 1.05. The number of hydrogen-bond acceptors (Lipinski definition) is 2. The molecular formula is C16H13NS. The fourth-order valence-electron chi connectivity index (χ4n) is 1.95. The molecule has 0 bridgehead atoms. The number of hydrogen-bond donors (Lipinski definition) is 0. The number of rotatable bonds is 2. The van der Waals surface area contributed by atoms with Crippen LogP contribution in [0, 0.1) is 6.92 Å². The molecule has 3 rings (SSSR count). The van der Waals surface area contributed by atoms with Gasteiger partial charge in [-0.2, -0.15) is 4.37 Å². The second-order valence-electron chi connectivity index (χ2n) is 4.31. The van der Waals surface area contributed by atoms with Crippen LogP contribution in [0.4, 0.5) is 0 Å². The molecule has 0 aliphatic heterocycles. The van der Waals surface area contributed by atoms with Gasteiger partial charge in [0, 0.05) is 5.56 Å². The van der Waals surface area contributed by atoms with Crippen LogP contribution in [0.15, 0.2) is 60.7 Å². The SMILES string of the molecule is Cc1cccc(-c2cc(-c3ccccc3)ns2)c1. The molecular weight excluding hydrogens is 238 g/mol. The Bertz CT molecular complexity index is 656. The van der Waals surface area contributed by atoms with Crippen LogP contribution in [-0.2, 0) is 0 Å². The fraction of sp³-hybridized carbons (Fsp3) is 0.0625. The summed E-state index contributed by atoms with van der Waals surface area (Å²) in [5, 5.41) is 0. The molecule has 2 heteroatoms. The zero-order valence-electron chi connectivity index (χ0n) is 10.1. The molecule has 0 aliphatic rings. The first-order valence-electron chi connectivity index (χ1n) is 5.92. The van der Waals surface area contributed by atoms with Crippen LogP contribution < -0.4 is 0 Å². The first-order chi connectivity index (χ1) is 8.83. The highest BCUT2D eigenvalue weighted by Gasteiger charge is 2.05. The van der Waals surface area contributed by atoms with Gasteiger partial charge in [0.2, 0.25) is 0 Å². The summed E-state index contributed by atoms with van der Waals surface area (Å²) < 4.78 is 4.53. The number of aryl methyl sites for hydroxylation is 1. The van der Waals surface area contributed by atoms with Crippen molar-refractivity contribution in [2.75, 3.05) is 0 Å². The van der Waals surface area contributed by atoms with Crippen molar-refractivity contribution in [3.05, 3.63) is 66.2 Å². The Morgan fingerprint density at radius 1 is 0.833 bits per heavy atom. The highest BCUT2D eigenvalue weighted by molar-refractivity contribution is 7.09. The summed E-state index contributed by atoms with van der Waals surface area (Å²) >= 11 is 1.56. The van der Waals surface area contributed by atoms with E-state index in [0.29, 0.717) is 0 Å². The monoisotopic (exact) mass is 251 g/mol. The molecule has 0 fully saturated rings. The minimum Gasteiger partial charge on any atom is -0.192 e. The summed E-state index contributed by atoms with van der Waals surface area (Å²) in [7, 11) is 0. The summed E-state index contributed by atoms with van der Waals surface area (Å²) in [4.78, 5) is 1.22. The topological polar surface area (TPSA) is 12.9 Å². The van der Waals surface area contributed by atoms with E-state index in [1.807, 2.05) is 18.2 Å². The Morgan fingerprint density at radius 3 is 2.39 bits per heavy atom. The third kappa shape index (κ3) is 2.20. The maximum absolute atomic E-state index is 4.53. The Kier molecular flexibility index (Phi) is 2.95. The summed E-state index contributed by atoms with van der Waals surface area (Å²) in [5.74, 6) is 0. The molecule has 0 aliphatic carbocycles. The number of benzene rings is 2. The van der Waals surface area contributed by atoms with Gasteiger partial charge in [0.25, 0.3) is 0 Å². The van der Waals surface area contributed by atoms with Gasteiger partial charge in [0.1, 0.15) is 0 Å². The molecule has 1 nitrogen and oxygen atoms in total. The van der Waals surface area contributed by atoms with Gasteiger partial charge in [-0.25, -0.2) is 0 Å². The Morgan fingerprint density at radius 2 is 1.61 bits per heavy atom. The quantitative estimate of drug-likeness (QED) is 0.638. The highest BCUT2D eigenvalue weighted by Crippen LogP contribution is 2.29. The predicted octanol–water partition coefficient (Wildman–Crippen LogP) is 4.79. The smallest absolute Gasteiger partial charge is 0.0847 e. The molecule has 1 aromatic heterocycles. The van der Waals surface area contributed by atoms with E-state index in [9.17, 15) is 0 Å². The van der Waals surface area contributed by atoms with E-state index in [4.69, 9.17) is 0 Å². The van der Waals surface area contributed by atoms with E-state index in [1.54, 1.807) is 11.5 Å². The largest absolute Gasteiger partial charge is 0.192 e. The highest BCUT2D eigenvalue weighted by atomic mass is 32.1. The lowest BCUT2D eigenvalue weighted by Gasteiger charge is -1.97. The molecule has 0 amide bonds. The Labute approximate surface area is 111 Å². The third-order valence-electron chi connectivity index (χ3n) is 2.88. The first-order valence-corrected chi connectivity index (χ1v) is 6.69. The van der Waals surface area contributed by atoms with Gasteiger partial charge >= 0.3 is 0 Å². The van der Waals surface area contributed by atoms with Crippen LogP contribution in [-0.4, -0.2) is 4.37 Å². The molecule has 18 heavy (non-hydrogen) atoms. The van der Waals surface area contributed by atoms with Gasteiger partial charge in [-0.15, -0.1) is 0 Å². The van der Waals surface area contributed by atoms with Gasteiger partial charge < -0.3 is 0 Å². The van der Waals surface area contributed by atoms with Crippen LogP contribution in [0.1, 0.15) is 5.56 Å². The van der Waals surface area contributed by atoms with E-state index in [0.717, 1.165) is 5.69 Å². The second kappa shape index (κ2) is 4.75. The first kappa shape index (κ1) is 11.2. The molecule has 1 heterocycles. The van der Waals surface area contributed by atoms with E-state index in [1.165, 1.54) is 21.6 Å². The molecule has 0 atom stereocenters. The molecule has 2 aromatic carbocycles. The van der Waals surface area contributed by atoms with Gasteiger partial charge in [-0.3, -0.25) is 0 Å². The molecule has 0 saturated carbocycles. The zero-order valence-corrected chi connectivity index (χ0v) is 10.9. The zero-order chi connectivity index (χ0) is 12.4. The van der Waals surface area contributed by atoms with Crippen molar-refractivity contribution in [1.82, 2.24) is 4.37 Å². The van der Waals surface area contributed by atoms with Crippen molar-refractivity contribution < 1.29 is 0 Å². The average molecular weight is 251 g/mol. The second-order valence-corrected chi connectivity index (χ2v) is 5.12. The maximum Gasteiger partial charge on any atom is 0.0847 e. The van der Waals surface area contributed by atoms with Crippen molar-refractivity contribution in [2.24, 2.45) is 0 Å². The van der Waals surface area contributed by atoms with Crippen LogP contribution in [0.25, 0.3) is 21.7 Å². The van der Waals surface area contributed by atoms with Crippen molar-refractivity contribution >= 4 is 11.5 Å². The van der Waals surface area contributed by atoms with Crippen molar-refractivity contribution in [3.63, 3.8) is 0 Å². The third-order valence-corrected chi connectivity index (χ3v) is 3.72. The maximum atomic E-state index is 4.53. The standard InChI is InChI=1S/C16H13NS/c1-12-6-5-9-14(10-12)16-11-15(17-18-16)13-7-3-2-4-8-13/h2-11H,1H3. The number of aromatic nitrogens is 1. The predicted molar refractivity (Wildman–Crippen MR) is 77.7 cm³/mol. The summed E-state index contributed by atoms with van der Waals surface area (Å²) in [6.45, 7) is 2.11. The summed E-state index contributed by atoms with van der Waals surface area (Å²) in [6.07, 6.45) is 0. The van der Waals surface area contributed by atoms with Gasteiger partial charge in [-0.1, -0.05) is 60.2 Å². The Hall–Kier alpha value is -1.93. The molecule has 0 spiro atoms. The van der Waals surface area contributed by atoms with Gasteiger partial charge in [0.15, 0.2) is 0 Å². The van der Waals surface area contributed by atoms with Crippen molar-refractivity contribution in [3.8, 4) is 21.7 Å². The number of nitrogens with zero attached hydrogens (tertiary/aromatic N) is 1. The molecule has 0 N–H and O–H groups in total. The molecule has 0 saturated heterocycles. The average Bonchev–Trinajstić information content (AvgIpc) is 2.89. The summed E-state index contributed by atoms with van der Waals surface area (Å²) in [5.41, 5.74) is 4.75. The lowest BCUT2D eigenvalue weighted by atomic mass is 10.1. The van der Waals surface area contributed by atoms with E-state index in [2.05, 4.69) is 53.8 Å². The van der Waals surface area contributed by atoms with E-state index >= 15 is 0 Å². The van der Waals surface area contributed by atoms with E-state index in [-0.39, 0.29) is 0 Å². The van der Waals surface area contributed by atoms with Gasteiger partial charge in [0.05, 0.1) is 10.6 Å². The lowest BCUT2D eigenvalue weighted by molar-refractivity contribution is 1.48. The molecule has 0 radical (unpaired) electrons. The van der Waals surface area contributed by atoms with Crippen LogP contribution in [0.3, 0.4) is 0 Å². The van der Waals surface area contributed by atoms with Gasteiger partial charge in [-0.05, 0) is 30.1 Å². The van der Waals surface area contributed by atoms with Crippen molar-refractivity contribution in [1.29, 1.82) is 0 Å². The Balaban J connectivity index is 2.00. The van der Waals surface area contributed by atoms with Crippen LogP contribution in [0.2, 0.25) is 0 Å².